The van der Waals surface area contributed by atoms with Crippen LogP contribution in [0.25, 0.3) is 5.69 Å². The van der Waals surface area contributed by atoms with E-state index in [1.807, 2.05) is 0 Å². The van der Waals surface area contributed by atoms with Gasteiger partial charge in [-0.15, -0.1) is 0 Å². The molecule has 1 amide bonds. The Morgan fingerprint density at radius 2 is 1.96 bits per heavy atom. The number of rotatable bonds is 5. The molecule has 3 aromatic rings. The predicted molar refractivity (Wildman–Crippen MR) is 88.5 cm³/mol. The van der Waals surface area contributed by atoms with Gasteiger partial charge in [0.15, 0.2) is 5.69 Å². The molecule has 0 saturated heterocycles. The lowest BCUT2D eigenvalue weighted by molar-refractivity contribution is 0.102. The van der Waals surface area contributed by atoms with Gasteiger partial charge < -0.3 is 5.32 Å². The second-order valence-electron chi connectivity index (χ2n) is 5.87. The summed E-state index contributed by atoms with van der Waals surface area (Å²) in [5.41, 5.74) is 0.955. The second kappa shape index (κ2) is 6.66. The van der Waals surface area contributed by atoms with Crippen LogP contribution in [-0.4, -0.2) is 25.5 Å². The summed E-state index contributed by atoms with van der Waals surface area (Å²) < 4.78 is 16.3. The molecule has 6 nitrogen and oxygen atoms in total. The fourth-order valence-corrected chi connectivity index (χ4v) is 2.29. The van der Waals surface area contributed by atoms with E-state index in [9.17, 15) is 9.18 Å². The molecule has 0 radical (unpaired) electrons. The Kier molecular flexibility index (Phi) is 4.41. The number of nitrogens with one attached hydrogen (secondary N) is 1. The zero-order chi connectivity index (χ0) is 17.1. The van der Waals surface area contributed by atoms with E-state index in [-0.39, 0.29) is 17.4 Å². The van der Waals surface area contributed by atoms with Crippen LogP contribution >= 0.6 is 0 Å². The largest absolute Gasteiger partial charge is 0.305 e. The first-order chi connectivity index (χ1) is 11.5. The van der Waals surface area contributed by atoms with Crippen molar-refractivity contribution in [1.29, 1.82) is 0 Å². The van der Waals surface area contributed by atoms with Gasteiger partial charge in [0.05, 0.1) is 11.9 Å². The Bertz CT molecular complexity index is 835. The average Bonchev–Trinajstić information content (AvgIpc) is 3.18. The molecule has 24 heavy (non-hydrogen) atoms. The Morgan fingerprint density at radius 3 is 2.67 bits per heavy atom. The van der Waals surface area contributed by atoms with Crippen molar-refractivity contribution in [3.05, 3.63) is 60.3 Å². The number of carbonyl (C=O) groups is 1. The van der Waals surface area contributed by atoms with E-state index in [0.29, 0.717) is 24.0 Å². The Balaban J connectivity index is 1.75. The van der Waals surface area contributed by atoms with Gasteiger partial charge in [0.2, 0.25) is 0 Å². The number of hydrogen-bond acceptors (Lipinski definition) is 3. The smallest absolute Gasteiger partial charge is 0.277 e. The highest BCUT2D eigenvalue weighted by Crippen LogP contribution is 2.12. The highest BCUT2D eigenvalue weighted by molar-refractivity contribution is 6.02. The van der Waals surface area contributed by atoms with Crippen molar-refractivity contribution >= 4 is 11.7 Å². The normalized spacial score (nSPS) is 11.0. The topological polar surface area (TPSA) is 64.7 Å². The van der Waals surface area contributed by atoms with Crippen LogP contribution in [0.5, 0.6) is 0 Å². The van der Waals surface area contributed by atoms with Crippen molar-refractivity contribution in [2.24, 2.45) is 5.92 Å². The van der Waals surface area contributed by atoms with Crippen molar-refractivity contribution in [3.8, 4) is 5.69 Å². The molecule has 0 aliphatic carbocycles. The molecule has 2 heterocycles. The van der Waals surface area contributed by atoms with E-state index in [0.717, 1.165) is 0 Å². The average molecular weight is 327 g/mol. The molecule has 0 fully saturated rings. The van der Waals surface area contributed by atoms with E-state index < -0.39 is 0 Å². The third-order valence-electron chi connectivity index (χ3n) is 3.41. The van der Waals surface area contributed by atoms with E-state index in [1.54, 1.807) is 41.3 Å². The second-order valence-corrected chi connectivity index (χ2v) is 5.87. The molecule has 7 heteroatoms. The monoisotopic (exact) mass is 327 g/mol. The number of aromatic nitrogens is 4. The van der Waals surface area contributed by atoms with Gasteiger partial charge >= 0.3 is 0 Å². The SMILES string of the molecule is CC(C)Cn1nccc1NC(=O)c1ccn(-c2ccc(F)cc2)n1. The quantitative estimate of drug-likeness (QED) is 0.783. The summed E-state index contributed by atoms with van der Waals surface area (Å²) in [5.74, 6) is 0.409. The third kappa shape index (κ3) is 3.51. The zero-order valence-corrected chi connectivity index (χ0v) is 13.5. The number of halogens is 1. The van der Waals surface area contributed by atoms with E-state index in [1.165, 1.54) is 16.8 Å². The number of hydrogen-bond donors (Lipinski definition) is 1. The molecule has 1 aromatic carbocycles. The maximum atomic E-state index is 13.0. The van der Waals surface area contributed by atoms with E-state index in [2.05, 4.69) is 29.4 Å². The van der Waals surface area contributed by atoms with Gasteiger partial charge in [-0.3, -0.25) is 4.79 Å². The molecule has 0 unspecified atom stereocenters. The Morgan fingerprint density at radius 1 is 1.21 bits per heavy atom. The van der Waals surface area contributed by atoms with E-state index >= 15 is 0 Å². The van der Waals surface area contributed by atoms with Crippen molar-refractivity contribution < 1.29 is 9.18 Å². The van der Waals surface area contributed by atoms with Crippen LogP contribution in [0.2, 0.25) is 0 Å². The summed E-state index contributed by atoms with van der Waals surface area (Å²) in [6.45, 7) is 4.88. The molecular weight excluding hydrogens is 309 g/mol. The van der Waals surface area contributed by atoms with Crippen molar-refractivity contribution in [1.82, 2.24) is 19.6 Å². The minimum atomic E-state index is -0.318. The van der Waals surface area contributed by atoms with Gasteiger partial charge in [-0.2, -0.15) is 10.2 Å². The summed E-state index contributed by atoms with van der Waals surface area (Å²) in [7, 11) is 0. The van der Waals surface area contributed by atoms with Crippen LogP contribution in [0.4, 0.5) is 10.2 Å². The fraction of sp³-hybridized carbons (Fsp3) is 0.235. The van der Waals surface area contributed by atoms with Gasteiger partial charge in [0, 0.05) is 18.8 Å². The highest BCUT2D eigenvalue weighted by Gasteiger charge is 2.13. The van der Waals surface area contributed by atoms with E-state index in [4.69, 9.17) is 0 Å². The molecule has 1 N–H and O–H groups in total. The molecule has 2 aromatic heterocycles. The summed E-state index contributed by atoms with van der Waals surface area (Å²) in [6.07, 6.45) is 3.31. The van der Waals surface area contributed by atoms with Gasteiger partial charge in [-0.05, 0) is 36.2 Å². The summed E-state index contributed by atoms with van der Waals surface area (Å²) >= 11 is 0. The minimum absolute atomic E-state index is 0.275. The zero-order valence-electron chi connectivity index (χ0n) is 13.5. The van der Waals surface area contributed by atoms with Crippen LogP contribution in [-0.2, 0) is 6.54 Å². The molecule has 0 spiro atoms. The number of amides is 1. The summed E-state index contributed by atoms with van der Waals surface area (Å²) in [5, 5.41) is 11.3. The van der Waals surface area contributed by atoms with Crippen molar-refractivity contribution in [2.45, 2.75) is 20.4 Å². The van der Waals surface area contributed by atoms with Crippen LogP contribution < -0.4 is 5.32 Å². The Labute approximate surface area is 138 Å². The summed E-state index contributed by atoms with van der Waals surface area (Å²) in [6, 6.07) is 9.25. The number of carbonyl (C=O) groups excluding carboxylic acids is 1. The van der Waals surface area contributed by atoms with Gasteiger partial charge in [0.1, 0.15) is 11.6 Å². The van der Waals surface area contributed by atoms with Gasteiger partial charge in [-0.25, -0.2) is 13.8 Å². The van der Waals surface area contributed by atoms with Crippen LogP contribution in [0.3, 0.4) is 0 Å². The number of anilines is 1. The molecule has 0 bridgehead atoms. The van der Waals surface area contributed by atoms with Crippen molar-refractivity contribution in [2.75, 3.05) is 5.32 Å². The highest BCUT2D eigenvalue weighted by atomic mass is 19.1. The third-order valence-corrected chi connectivity index (χ3v) is 3.41. The lowest BCUT2D eigenvalue weighted by Gasteiger charge is -2.10. The fourth-order valence-electron chi connectivity index (χ4n) is 2.29. The standard InChI is InChI=1S/C17H18FN5O/c1-12(2)11-23-16(7-9-19-23)20-17(24)15-8-10-22(21-15)14-5-3-13(18)4-6-14/h3-10,12H,11H2,1-2H3,(H,20,24). The molecular formula is C17H18FN5O. The van der Waals surface area contributed by atoms with Crippen LogP contribution in [0.15, 0.2) is 48.8 Å². The molecule has 0 saturated carbocycles. The first kappa shape index (κ1) is 15.9. The lowest BCUT2D eigenvalue weighted by Crippen LogP contribution is -2.18. The molecule has 0 aliphatic rings. The summed E-state index contributed by atoms with van der Waals surface area (Å²) in [4.78, 5) is 12.4. The first-order valence-electron chi connectivity index (χ1n) is 7.67. The van der Waals surface area contributed by atoms with Crippen LogP contribution in [0, 0.1) is 11.7 Å². The Hall–Kier alpha value is -2.96. The lowest BCUT2D eigenvalue weighted by atomic mass is 10.2. The molecule has 0 aliphatic heterocycles. The van der Waals surface area contributed by atoms with Crippen LogP contribution in [0.1, 0.15) is 24.3 Å². The maximum Gasteiger partial charge on any atom is 0.277 e. The molecule has 124 valence electrons. The predicted octanol–water partition coefficient (Wildman–Crippen LogP) is 3.12. The molecule has 0 atom stereocenters. The number of benzene rings is 1. The van der Waals surface area contributed by atoms with Crippen molar-refractivity contribution in [3.63, 3.8) is 0 Å². The minimum Gasteiger partial charge on any atom is -0.305 e. The number of nitrogens with zero attached hydrogens (tertiary/aromatic N) is 4. The first-order valence-corrected chi connectivity index (χ1v) is 7.67. The molecule has 3 rings (SSSR count). The van der Waals surface area contributed by atoms with Gasteiger partial charge in [0.25, 0.3) is 5.91 Å². The van der Waals surface area contributed by atoms with Gasteiger partial charge in [-0.1, -0.05) is 13.8 Å². The maximum absolute atomic E-state index is 13.0.